The highest BCUT2D eigenvalue weighted by Crippen LogP contribution is 2.26. The Morgan fingerprint density at radius 2 is 1.79 bits per heavy atom. The first-order valence-electron chi connectivity index (χ1n) is 7.64. The largest absolute Gasteiger partial charge is 0.448 e. The lowest BCUT2D eigenvalue weighted by Crippen LogP contribution is -2.35. The quantitative estimate of drug-likeness (QED) is 0.720. The average Bonchev–Trinajstić information content (AvgIpc) is 3.04. The van der Waals surface area contributed by atoms with Gasteiger partial charge in [-0.25, -0.2) is 4.79 Å². The highest BCUT2D eigenvalue weighted by molar-refractivity contribution is 7.20. The zero-order valence-corrected chi connectivity index (χ0v) is 14.0. The number of thiophene rings is 1. The van der Waals surface area contributed by atoms with Gasteiger partial charge in [-0.2, -0.15) is 0 Å². The number of amides is 1. The van der Waals surface area contributed by atoms with Crippen LogP contribution in [0.1, 0.15) is 22.2 Å². The predicted octanol–water partition coefficient (Wildman–Crippen LogP) is 3.76. The molecule has 1 atom stereocenters. The molecule has 0 aliphatic heterocycles. The molecule has 1 aromatic heterocycles. The lowest BCUT2D eigenvalue weighted by atomic mass is 10.2. The Hall–Kier alpha value is -2.66. The van der Waals surface area contributed by atoms with Gasteiger partial charge in [-0.05, 0) is 30.0 Å². The molecule has 0 aliphatic rings. The zero-order valence-electron chi connectivity index (χ0n) is 13.2. The maximum absolute atomic E-state index is 12.2. The van der Waals surface area contributed by atoms with Crippen molar-refractivity contribution in [2.75, 3.05) is 0 Å². The van der Waals surface area contributed by atoms with Gasteiger partial charge < -0.3 is 10.1 Å². The maximum Gasteiger partial charge on any atom is 0.349 e. The molecular weight excluding hydrogens is 322 g/mol. The van der Waals surface area contributed by atoms with Gasteiger partial charge in [0.25, 0.3) is 5.91 Å². The average molecular weight is 339 g/mol. The van der Waals surface area contributed by atoms with E-state index in [4.69, 9.17) is 4.74 Å². The van der Waals surface area contributed by atoms with E-state index in [-0.39, 0.29) is 5.91 Å². The van der Waals surface area contributed by atoms with Gasteiger partial charge in [0, 0.05) is 11.2 Å². The minimum atomic E-state index is -0.841. The number of carbonyl (C=O) groups is 2. The van der Waals surface area contributed by atoms with Crippen molar-refractivity contribution in [3.8, 4) is 0 Å². The van der Waals surface area contributed by atoms with E-state index in [9.17, 15) is 9.59 Å². The van der Waals surface area contributed by atoms with Crippen LogP contribution in [0.5, 0.6) is 0 Å². The molecule has 0 aliphatic carbocycles. The fourth-order valence-electron chi connectivity index (χ4n) is 2.28. The Morgan fingerprint density at radius 1 is 1.08 bits per heavy atom. The lowest BCUT2D eigenvalue weighted by molar-refractivity contribution is -0.129. The molecule has 3 rings (SSSR count). The number of esters is 1. The van der Waals surface area contributed by atoms with E-state index >= 15 is 0 Å². The number of hydrogen-bond donors (Lipinski definition) is 1. The minimum Gasteiger partial charge on any atom is -0.448 e. The number of ether oxygens (including phenoxy) is 1. The summed E-state index contributed by atoms with van der Waals surface area (Å²) in [6.45, 7) is 1.98. The molecule has 0 saturated carbocycles. The molecular formula is C19H17NO3S. The third-order valence-corrected chi connectivity index (χ3v) is 4.69. The van der Waals surface area contributed by atoms with Crippen molar-refractivity contribution in [2.45, 2.75) is 19.6 Å². The Morgan fingerprint density at radius 3 is 2.54 bits per heavy atom. The molecule has 3 aromatic rings. The van der Waals surface area contributed by atoms with Crippen LogP contribution in [0.25, 0.3) is 10.1 Å². The molecule has 122 valence electrons. The van der Waals surface area contributed by atoms with Gasteiger partial charge >= 0.3 is 5.97 Å². The van der Waals surface area contributed by atoms with Gasteiger partial charge in [0.15, 0.2) is 6.10 Å². The second-order valence-corrected chi connectivity index (χ2v) is 6.48. The summed E-state index contributed by atoms with van der Waals surface area (Å²) in [5.74, 6) is -0.785. The SMILES string of the molecule is CC(OC(=O)c1cc2ccccc2s1)C(=O)NCc1ccccc1. The van der Waals surface area contributed by atoms with Crippen LogP contribution in [-0.2, 0) is 16.1 Å². The van der Waals surface area contributed by atoms with Crippen LogP contribution in [0.4, 0.5) is 0 Å². The monoisotopic (exact) mass is 339 g/mol. The number of rotatable bonds is 5. The van der Waals surface area contributed by atoms with Gasteiger partial charge in [-0.15, -0.1) is 11.3 Å². The highest BCUT2D eigenvalue weighted by Gasteiger charge is 2.20. The van der Waals surface area contributed by atoms with Crippen molar-refractivity contribution >= 4 is 33.3 Å². The summed E-state index contributed by atoms with van der Waals surface area (Å²) in [6, 6.07) is 19.1. The third-order valence-electron chi connectivity index (χ3n) is 3.59. The molecule has 0 radical (unpaired) electrons. The summed E-state index contributed by atoms with van der Waals surface area (Å²) in [6.07, 6.45) is -0.841. The van der Waals surface area contributed by atoms with E-state index in [2.05, 4.69) is 5.32 Å². The fourth-order valence-corrected chi connectivity index (χ4v) is 3.23. The number of carbonyl (C=O) groups excluding carboxylic acids is 2. The Bertz CT molecular complexity index is 824. The van der Waals surface area contributed by atoms with Crippen molar-refractivity contribution in [1.29, 1.82) is 0 Å². The molecule has 24 heavy (non-hydrogen) atoms. The van der Waals surface area contributed by atoms with Crippen LogP contribution in [0.15, 0.2) is 60.7 Å². The molecule has 1 N–H and O–H groups in total. The van der Waals surface area contributed by atoms with Gasteiger partial charge in [-0.3, -0.25) is 4.79 Å². The van der Waals surface area contributed by atoms with Crippen LogP contribution < -0.4 is 5.32 Å². The van der Waals surface area contributed by atoms with E-state index in [0.29, 0.717) is 11.4 Å². The lowest BCUT2D eigenvalue weighted by Gasteiger charge is -2.13. The summed E-state index contributed by atoms with van der Waals surface area (Å²) >= 11 is 1.36. The Balaban J connectivity index is 1.58. The van der Waals surface area contributed by atoms with Gasteiger partial charge in [0.1, 0.15) is 4.88 Å². The summed E-state index contributed by atoms with van der Waals surface area (Å²) in [4.78, 5) is 24.8. The molecule has 1 unspecified atom stereocenters. The van der Waals surface area contributed by atoms with Gasteiger partial charge in [-0.1, -0.05) is 48.5 Å². The minimum absolute atomic E-state index is 0.312. The first-order chi connectivity index (χ1) is 11.6. The summed E-state index contributed by atoms with van der Waals surface area (Å²) in [5.41, 5.74) is 0.994. The molecule has 0 spiro atoms. The molecule has 0 saturated heterocycles. The van der Waals surface area contributed by atoms with Crippen LogP contribution >= 0.6 is 11.3 Å². The number of nitrogens with one attached hydrogen (secondary N) is 1. The molecule has 5 heteroatoms. The third kappa shape index (κ3) is 3.81. The summed E-state index contributed by atoms with van der Waals surface area (Å²) < 4.78 is 6.29. The first kappa shape index (κ1) is 16.2. The van der Waals surface area contributed by atoms with Crippen molar-refractivity contribution in [3.05, 3.63) is 71.1 Å². The second-order valence-electron chi connectivity index (χ2n) is 5.40. The molecule has 1 heterocycles. The zero-order chi connectivity index (χ0) is 16.9. The topological polar surface area (TPSA) is 55.4 Å². The number of hydrogen-bond acceptors (Lipinski definition) is 4. The maximum atomic E-state index is 12.2. The fraction of sp³-hybridized carbons (Fsp3) is 0.158. The van der Waals surface area contributed by atoms with Gasteiger partial charge in [0.05, 0.1) is 0 Å². The molecule has 0 fully saturated rings. The second kappa shape index (κ2) is 7.27. The normalized spacial score (nSPS) is 11.9. The Labute approximate surface area is 144 Å². The molecule has 1 amide bonds. The first-order valence-corrected chi connectivity index (χ1v) is 8.46. The Kier molecular flexibility index (Phi) is 4.91. The standard InChI is InChI=1S/C19H17NO3S/c1-13(18(21)20-12-14-7-3-2-4-8-14)23-19(22)17-11-15-9-5-6-10-16(15)24-17/h2-11,13H,12H2,1H3,(H,20,21). The van der Waals surface area contributed by atoms with Crippen molar-refractivity contribution < 1.29 is 14.3 Å². The van der Waals surface area contributed by atoms with Crippen LogP contribution in [0.3, 0.4) is 0 Å². The van der Waals surface area contributed by atoms with E-state index in [0.717, 1.165) is 15.6 Å². The van der Waals surface area contributed by atoms with Crippen molar-refractivity contribution in [2.24, 2.45) is 0 Å². The van der Waals surface area contributed by atoms with Crippen molar-refractivity contribution in [3.63, 3.8) is 0 Å². The van der Waals surface area contributed by atoms with Crippen LogP contribution in [-0.4, -0.2) is 18.0 Å². The van der Waals surface area contributed by atoms with Crippen LogP contribution in [0, 0.1) is 0 Å². The molecule has 4 nitrogen and oxygen atoms in total. The number of benzene rings is 2. The highest BCUT2D eigenvalue weighted by atomic mass is 32.1. The van der Waals surface area contributed by atoms with Gasteiger partial charge in [0.2, 0.25) is 0 Å². The molecule has 0 bridgehead atoms. The summed E-state index contributed by atoms with van der Waals surface area (Å²) in [7, 11) is 0. The van der Waals surface area contributed by atoms with Crippen molar-refractivity contribution in [1.82, 2.24) is 5.32 Å². The van der Waals surface area contributed by atoms with E-state index in [1.54, 1.807) is 13.0 Å². The number of fused-ring (bicyclic) bond motifs is 1. The predicted molar refractivity (Wildman–Crippen MR) is 95.0 cm³/mol. The molecule has 2 aromatic carbocycles. The van der Waals surface area contributed by atoms with E-state index in [1.807, 2.05) is 54.6 Å². The smallest absolute Gasteiger partial charge is 0.349 e. The summed E-state index contributed by atoms with van der Waals surface area (Å²) in [5, 5.41) is 3.77. The van der Waals surface area contributed by atoms with Crippen LogP contribution in [0.2, 0.25) is 0 Å². The van der Waals surface area contributed by atoms with E-state index in [1.165, 1.54) is 11.3 Å². The van der Waals surface area contributed by atoms with E-state index < -0.39 is 12.1 Å².